The van der Waals surface area contributed by atoms with Crippen molar-refractivity contribution in [3.8, 4) is 0 Å². The number of nitrogens with zero attached hydrogens (tertiary/aromatic N) is 2. The fourth-order valence-corrected chi connectivity index (χ4v) is 2.42. The van der Waals surface area contributed by atoms with Crippen LogP contribution in [-0.4, -0.2) is 9.78 Å². The lowest BCUT2D eigenvalue weighted by Crippen LogP contribution is -2.31. The van der Waals surface area contributed by atoms with E-state index in [0.717, 1.165) is 11.1 Å². The molecule has 0 spiro atoms. The second kappa shape index (κ2) is 3.53. The average Bonchev–Trinajstić information content (AvgIpc) is 2.40. The molecule has 0 saturated carbocycles. The number of aromatic nitrogens is 2. The predicted octanol–water partition coefficient (Wildman–Crippen LogP) is 2.67. The molecule has 0 bridgehead atoms. The van der Waals surface area contributed by atoms with Gasteiger partial charge in [-0.3, -0.25) is 4.68 Å². The summed E-state index contributed by atoms with van der Waals surface area (Å²) < 4.78 is 16.0. The van der Waals surface area contributed by atoms with E-state index in [-0.39, 0.29) is 5.82 Å². The molecule has 2 N–H and O–H groups in total. The van der Waals surface area contributed by atoms with E-state index < -0.39 is 5.54 Å². The molecule has 0 aliphatic carbocycles. The van der Waals surface area contributed by atoms with Crippen molar-refractivity contribution in [2.75, 3.05) is 0 Å². The van der Waals surface area contributed by atoms with Crippen molar-refractivity contribution in [1.82, 2.24) is 9.78 Å². The Morgan fingerprint density at radius 3 is 2.62 bits per heavy atom. The smallest absolute Gasteiger partial charge is 0.152 e. The van der Waals surface area contributed by atoms with E-state index >= 15 is 0 Å². The first-order valence-corrected chi connectivity index (χ1v) is 5.71. The summed E-state index contributed by atoms with van der Waals surface area (Å²) in [5.41, 5.74) is 6.69. The van der Waals surface area contributed by atoms with E-state index in [9.17, 15) is 4.39 Å². The molecule has 0 aliphatic rings. The Kier molecular flexibility index (Phi) is 2.55. The molecular weight excluding hydrogens is 273 g/mol. The zero-order valence-electron chi connectivity index (χ0n) is 9.38. The molecule has 0 radical (unpaired) electrons. The normalized spacial score (nSPS) is 12.4. The second-order valence-corrected chi connectivity index (χ2v) is 5.39. The van der Waals surface area contributed by atoms with Crippen molar-refractivity contribution in [2.45, 2.75) is 19.4 Å². The molecule has 3 nitrogen and oxygen atoms in total. The van der Waals surface area contributed by atoms with Gasteiger partial charge in [0.2, 0.25) is 0 Å². The molecule has 0 atom stereocenters. The first-order chi connectivity index (χ1) is 7.30. The van der Waals surface area contributed by atoms with Gasteiger partial charge in [0, 0.05) is 16.9 Å². The minimum atomic E-state index is -0.559. The van der Waals surface area contributed by atoms with Gasteiger partial charge >= 0.3 is 0 Å². The molecule has 1 aromatic carbocycles. The zero-order valence-corrected chi connectivity index (χ0v) is 11.0. The highest BCUT2D eigenvalue weighted by Gasteiger charge is 2.24. The van der Waals surface area contributed by atoms with Gasteiger partial charge in [0.25, 0.3) is 0 Å². The van der Waals surface area contributed by atoms with Gasteiger partial charge < -0.3 is 5.73 Å². The topological polar surface area (TPSA) is 43.8 Å². The molecule has 0 aliphatic heterocycles. The third kappa shape index (κ3) is 1.74. The van der Waals surface area contributed by atoms with Gasteiger partial charge in [0.05, 0.1) is 11.2 Å². The van der Waals surface area contributed by atoms with Crippen molar-refractivity contribution in [3.05, 3.63) is 28.1 Å². The summed E-state index contributed by atoms with van der Waals surface area (Å²) >= 11 is 3.28. The molecule has 16 heavy (non-hydrogen) atoms. The number of halogens is 2. The van der Waals surface area contributed by atoms with Crippen LogP contribution in [-0.2, 0) is 12.6 Å². The average molecular weight is 286 g/mol. The highest BCUT2D eigenvalue weighted by Crippen LogP contribution is 2.30. The minimum Gasteiger partial charge on any atom is -0.321 e. The van der Waals surface area contributed by atoms with Crippen LogP contribution in [0.3, 0.4) is 0 Å². The third-order valence-corrected chi connectivity index (χ3v) is 2.93. The van der Waals surface area contributed by atoms with Gasteiger partial charge in [-0.25, -0.2) is 4.39 Å². The van der Waals surface area contributed by atoms with E-state index in [1.165, 1.54) is 6.07 Å². The molecule has 86 valence electrons. The number of nitrogens with two attached hydrogens (primary N) is 1. The largest absolute Gasteiger partial charge is 0.321 e. The summed E-state index contributed by atoms with van der Waals surface area (Å²) in [4.78, 5) is 0. The number of benzene rings is 1. The fraction of sp³-hybridized carbons (Fsp3) is 0.364. The first kappa shape index (κ1) is 11.5. The van der Waals surface area contributed by atoms with Crippen LogP contribution in [0.2, 0.25) is 0 Å². The van der Waals surface area contributed by atoms with Crippen LogP contribution in [0.5, 0.6) is 0 Å². The fourth-order valence-electron chi connectivity index (χ4n) is 1.99. The number of hydrogen-bond acceptors (Lipinski definition) is 2. The molecular formula is C11H13BrFN3. The summed E-state index contributed by atoms with van der Waals surface area (Å²) in [6.45, 7) is 3.75. The van der Waals surface area contributed by atoms with Gasteiger partial charge in [-0.2, -0.15) is 5.10 Å². The lowest BCUT2D eigenvalue weighted by molar-refractivity contribution is 0.501. The second-order valence-electron chi connectivity index (χ2n) is 4.48. The SMILES string of the molecule is Cn1nc2c(F)cc(Br)cc2c1C(C)(C)N. The van der Waals surface area contributed by atoms with Gasteiger partial charge in [0.15, 0.2) is 5.82 Å². The number of hydrogen-bond donors (Lipinski definition) is 1. The van der Waals surface area contributed by atoms with Crippen molar-refractivity contribution in [3.63, 3.8) is 0 Å². The standard InChI is InChI=1S/C11H13BrFN3/c1-11(2,14)10-7-4-6(12)5-8(13)9(7)15-16(10)3/h4-5H,14H2,1-3H3. The summed E-state index contributed by atoms with van der Waals surface area (Å²) in [7, 11) is 1.78. The molecule has 1 heterocycles. The molecule has 5 heteroatoms. The maximum atomic E-state index is 13.7. The van der Waals surface area contributed by atoms with Gasteiger partial charge in [-0.1, -0.05) is 15.9 Å². The Labute approximate surface area is 102 Å². The van der Waals surface area contributed by atoms with Crippen LogP contribution >= 0.6 is 15.9 Å². The number of rotatable bonds is 1. The molecule has 2 rings (SSSR count). The lowest BCUT2D eigenvalue weighted by Gasteiger charge is -2.19. The van der Waals surface area contributed by atoms with Gasteiger partial charge in [-0.15, -0.1) is 0 Å². The Morgan fingerprint density at radius 1 is 1.44 bits per heavy atom. The highest BCUT2D eigenvalue weighted by atomic mass is 79.9. The summed E-state index contributed by atoms with van der Waals surface area (Å²) in [5.74, 6) is -0.338. The quantitative estimate of drug-likeness (QED) is 0.876. The molecule has 2 aromatic rings. The summed E-state index contributed by atoms with van der Waals surface area (Å²) in [6.07, 6.45) is 0. The molecule has 0 fully saturated rings. The van der Waals surface area contributed by atoms with Crippen molar-refractivity contribution in [1.29, 1.82) is 0 Å². The van der Waals surface area contributed by atoms with E-state index in [4.69, 9.17) is 5.73 Å². The first-order valence-electron chi connectivity index (χ1n) is 4.92. The van der Waals surface area contributed by atoms with Crippen LogP contribution in [0.15, 0.2) is 16.6 Å². The molecule has 1 aromatic heterocycles. The molecule has 0 saturated heterocycles. The van der Waals surface area contributed by atoms with Crippen LogP contribution in [0.1, 0.15) is 19.5 Å². The molecule has 0 amide bonds. The lowest BCUT2D eigenvalue weighted by atomic mass is 9.98. The van der Waals surface area contributed by atoms with E-state index in [1.807, 2.05) is 19.9 Å². The maximum Gasteiger partial charge on any atom is 0.152 e. The van der Waals surface area contributed by atoms with Crippen molar-refractivity contribution < 1.29 is 4.39 Å². The third-order valence-electron chi connectivity index (χ3n) is 2.47. The van der Waals surface area contributed by atoms with Crippen molar-refractivity contribution in [2.24, 2.45) is 12.8 Å². The van der Waals surface area contributed by atoms with Crippen LogP contribution in [0.25, 0.3) is 10.9 Å². The van der Waals surface area contributed by atoms with E-state index in [2.05, 4.69) is 21.0 Å². The van der Waals surface area contributed by atoms with E-state index in [0.29, 0.717) is 9.99 Å². The van der Waals surface area contributed by atoms with Gasteiger partial charge in [0.1, 0.15) is 5.52 Å². The Morgan fingerprint density at radius 2 is 2.06 bits per heavy atom. The Balaban J connectivity index is 2.89. The summed E-state index contributed by atoms with van der Waals surface area (Å²) in [6, 6.07) is 3.25. The number of aryl methyl sites for hydroxylation is 1. The van der Waals surface area contributed by atoms with Crippen LogP contribution in [0, 0.1) is 5.82 Å². The van der Waals surface area contributed by atoms with Crippen LogP contribution < -0.4 is 5.73 Å². The Hall–Kier alpha value is -0.940. The minimum absolute atomic E-state index is 0.338. The van der Waals surface area contributed by atoms with Crippen molar-refractivity contribution >= 4 is 26.8 Å². The summed E-state index contributed by atoms with van der Waals surface area (Å²) in [5, 5.41) is 4.91. The van der Waals surface area contributed by atoms with Crippen LogP contribution in [0.4, 0.5) is 4.39 Å². The van der Waals surface area contributed by atoms with Gasteiger partial charge in [-0.05, 0) is 26.0 Å². The molecule has 0 unspecified atom stereocenters. The Bertz CT molecular complexity index is 554. The zero-order chi connectivity index (χ0) is 12.1. The van der Waals surface area contributed by atoms with E-state index in [1.54, 1.807) is 11.7 Å². The highest BCUT2D eigenvalue weighted by molar-refractivity contribution is 9.10. The number of fused-ring (bicyclic) bond motifs is 1. The predicted molar refractivity (Wildman–Crippen MR) is 65.6 cm³/mol. The monoisotopic (exact) mass is 285 g/mol. The maximum absolute atomic E-state index is 13.7.